The largest absolute Gasteiger partial charge is 0.471 e. The normalized spacial score (nSPS) is 11.4. The molecule has 0 amide bonds. The Morgan fingerprint density at radius 3 is 2.69 bits per heavy atom. The van der Waals surface area contributed by atoms with E-state index in [0.717, 1.165) is 15.2 Å². The zero-order valence-electron chi connectivity index (χ0n) is 16.4. The molecule has 0 saturated heterocycles. The summed E-state index contributed by atoms with van der Waals surface area (Å²) in [7, 11) is 1.38. The van der Waals surface area contributed by atoms with Crippen LogP contribution in [0.25, 0.3) is 0 Å². The number of thiazole rings is 1. The van der Waals surface area contributed by atoms with Crippen molar-refractivity contribution in [2.24, 2.45) is 7.05 Å². The SMILES string of the molecule is Cn1nc(C(F)(F)F)cc1OCc1csc(Nc2ncc(Br)cc2Oc2ccccc2)n1. The van der Waals surface area contributed by atoms with Gasteiger partial charge in [-0.15, -0.1) is 11.3 Å². The van der Waals surface area contributed by atoms with Crippen molar-refractivity contribution in [3.05, 3.63) is 69.9 Å². The van der Waals surface area contributed by atoms with Gasteiger partial charge in [-0.05, 0) is 28.1 Å². The Balaban J connectivity index is 1.44. The molecule has 0 unspecified atom stereocenters. The number of para-hydroxylation sites is 1. The summed E-state index contributed by atoms with van der Waals surface area (Å²) < 4.78 is 51.5. The highest BCUT2D eigenvalue weighted by Gasteiger charge is 2.35. The van der Waals surface area contributed by atoms with Crippen LogP contribution in [0.5, 0.6) is 17.4 Å². The summed E-state index contributed by atoms with van der Waals surface area (Å²) in [6.07, 6.45) is -2.91. The number of anilines is 2. The number of nitrogens with zero attached hydrogens (tertiary/aromatic N) is 4. The first-order valence-electron chi connectivity index (χ1n) is 9.12. The van der Waals surface area contributed by atoms with E-state index in [-0.39, 0.29) is 12.5 Å². The van der Waals surface area contributed by atoms with Crippen molar-refractivity contribution in [3.63, 3.8) is 0 Å². The molecule has 0 fully saturated rings. The summed E-state index contributed by atoms with van der Waals surface area (Å²) in [5.74, 6) is 1.60. The van der Waals surface area contributed by atoms with Gasteiger partial charge in [0.25, 0.3) is 0 Å². The Morgan fingerprint density at radius 2 is 1.97 bits per heavy atom. The van der Waals surface area contributed by atoms with E-state index in [1.165, 1.54) is 18.4 Å². The van der Waals surface area contributed by atoms with Crippen molar-refractivity contribution < 1.29 is 22.6 Å². The van der Waals surface area contributed by atoms with Crippen molar-refractivity contribution in [1.82, 2.24) is 19.7 Å². The number of nitrogens with one attached hydrogen (secondary N) is 1. The average molecular weight is 526 g/mol. The topological polar surface area (TPSA) is 74.1 Å². The van der Waals surface area contributed by atoms with Gasteiger partial charge in [-0.3, -0.25) is 0 Å². The van der Waals surface area contributed by atoms with Crippen LogP contribution < -0.4 is 14.8 Å². The molecule has 1 aromatic carbocycles. The molecule has 3 aromatic heterocycles. The summed E-state index contributed by atoms with van der Waals surface area (Å²) in [5.41, 5.74) is -0.474. The Labute approximate surface area is 193 Å². The van der Waals surface area contributed by atoms with Gasteiger partial charge < -0.3 is 14.8 Å². The number of rotatable bonds is 7. The van der Waals surface area contributed by atoms with E-state index in [1.54, 1.807) is 17.6 Å². The second-order valence-corrected chi connectivity index (χ2v) is 8.24. The molecule has 12 heteroatoms. The lowest BCUT2D eigenvalue weighted by Gasteiger charge is -2.11. The molecule has 0 atom stereocenters. The first kappa shape index (κ1) is 22.1. The first-order valence-corrected chi connectivity index (χ1v) is 10.8. The van der Waals surface area contributed by atoms with Gasteiger partial charge >= 0.3 is 6.18 Å². The number of alkyl halides is 3. The second-order valence-electron chi connectivity index (χ2n) is 6.46. The molecular weight excluding hydrogens is 511 g/mol. The maximum Gasteiger partial charge on any atom is 0.435 e. The summed E-state index contributed by atoms with van der Waals surface area (Å²) in [6, 6.07) is 11.9. The first-order chi connectivity index (χ1) is 15.3. The summed E-state index contributed by atoms with van der Waals surface area (Å²) in [4.78, 5) is 8.74. The van der Waals surface area contributed by atoms with Gasteiger partial charge in [-0.1, -0.05) is 18.2 Å². The quantitative estimate of drug-likeness (QED) is 0.311. The van der Waals surface area contributed by atoms with Gasteiger partial charge in [-0.2, -0.15) is 18.3 Å². The van der Waals surface area contributed by atoms with Crippen LogP contribution in [-0.4, -0.2) is 19.7 Å². The van der Waals surface area contributed by atoms with E-state index in [1.807, 2.05) is 30.3 Å². The van der Waals surface area contributed by atoms with E-state index in [2.05, 4.69) is 36.3 Å². The van der Waals surface area contributed by atoms with E-state index in [9.17, 15) is 13.2 Å². The average Bonchev–Trinajstić information content (AvgIpc) is 3.35. The maximum atomic E-state index is 12.8. The zero-order valence-corrected chi connectivity index (χ0v) is 18.8. The molecule has 7 nitrogen and oxygen atoms in total. The van der Waals surface area contributed by atoms with Gasteiger partial charge in [0.05, 0.1) is 5.69 Å². The third-order valence-electron chi connectivity index (χ3n) is 4.06. The molecule has 32 heavy (non-hydrogen) atoms. The molecule has 0 spiro atoms. The maximum absolute atomic E-state index is 12.8. The number of aryl methyl sites for hydroxylation is 1. The molecule has 0 radical (unpaired) electrons. The van der Waals surface area contributed by atoms with Crippen LogP contribution in [0.3, 0.4) is 0 Å². The van der Waals surface area contributed by atoms with Gasteiger partial charge in [0.15, 0.2) is 22.4 Å². The number of benzene rings is 1. The van der Waals surface area contributed by atoms with Crippen molar-refractivity contribution in [2.75, 3.05) is 5.32 Å². The summed E-state index contributed by atoms with van der Waals surface area (Å²) in [5, 5.41) is 8.78. The van der Waals surface area contributed by atoms with Crippen LogP contribution in [0.1, 0.15) is 11.4 Å². The number of hydrogen-bond acceptors (Lipinski definition) is 7. The summed E-state index contributed by atoms with van der Waals surface area (Å²) >= 11 is 4.68. The van der Waals surface area contributed by atoms with Gasteiger partial charge in [0.2, 0.25) is 5.88 Å². The van der Waals surface area contributed by atoms with Crippen LogP contribution in [0.2, 0.25) is 0 Å². The fourth-order valence-corrected chi connectivity index (χ4v) is 3.62. The van der Waals surface area contributed by atoms with Gasteiger partial charge in [-0.25, -0.2) is 14.6 Å². The molecule has 166 valence electrons. The van der Waals surface area contributed by atoms with E-state index >= 15 is 0 Å². The predicted octanol–water partition coefficient (Wildman–Crippen LogP) is 6.17. The Morgan fingerprint density at radius 1 is 1.19 bits per heavy atom. The van der Waals surface area contributed by atoms with Gasteiger partial charge in [0.1, 0.15) is 12.4 Å². The van der Waals surface area contributed by atoms with Crippen molar-refractivity contribution in [2.45, 2.75) is 12.8 Å². The third kappa shape index (κ3) is 5.37. The van der Waals surface area contributed by atoms with Crippen LogP contribution in [0, 0.1) is 0 Å². The Bertz CT molecular complexity index is 1210. The molecule has 3 heterocycles. The fourth-order valence-electron chi connectivity index (χ4n) is 2.61. The molecular formula is C20H15BrF3N5O2S. The summed E-state index contributed by atoms with van der Waals surface area (Å²) in [6.45, 7) is -0.0177. The van der Waals surface area contributed by atoms with Crippen LogP contribution in [0.4, 0.5) is 24.1 Å². The predicted molar refractivity (Wildman–Crippen MR) is 116 cm³/mol. The monoisotopic (exact) mass is 525 g/mol. The Kier molecular flexibility index (Phi) is 6.33. The number of aromatic nitrogens is 4. The standard InChI is InChI=1S/C20H15BrF3N5O2S/c1-29-17(8-16(28-29)20(22,23)24)30-10-13-11-32-19(26-13)27-18-15(7-12(21)9-25-18)31-14-5-3-2-4-6-14/h2-9,11H,10H2,1H3,(H,25,26,27). The lowest BCUT2D eigenvalue weighted by atomic mass is 10.3. The lowest BCUT2D eigenvalue weighted by molar-refractivity contribution is -0.141. The minimum atomic E-state index is -4.53. The molecule has 4 rings (SSSR count). The van der Waals surface area contributed by atoms with Gasteiger partial charge in [0, 0.05) is 35.2 Å². The Hall–Kier alpha value is -3.12. The van der Waals surface area contributed by atoms with Crippen molar-refractivity contribution in [1.29, 1.82) is 0 Å². The van der Waals surface area contributed by atoms with E-state index in [0.29, 0.717) is 28.1 Å². The fraction of sp³-hybridized carbons (Fsp3) is 0.150. The van der Waals surface area contributed by atoms with Crippen LogP contribution in [-0.2, 0) is 19.8 Å². The van der Waals surface area contributed by atoms with Crippen molar-refractivity contribution >= 4 is 38.2 Å². The second kappa shape index (κ2) is 9.17. The molecule has 4 aromatic rings. The highest BCUT2D eigenvalue weighted by atomic mass is 79.9. The zero-order chi connectivity index (χ0) is 22.7. The molecule has 0 aliphatic rings. The third-order valence-corrected chi connectivity index (χ3v) is 5.30. The number of ether oxygens (including phenoxy) is 2. The minimum Gasteiger partial charge on any atom is -0.471 e. The lowest BCUT2D eigenvalue weighted by Crippen LogP contribution is -2.06. The highest BCUT2D eigenvalue weighted by Crippen LogP contribution is 2.33. The molecule has 1 N–H and O–H groups in total. The minimum absolute atomic E-state index is 0.00652. The molecule has 0 bridgehead atoms. The number of hydrogen-bond donors (Lipinski definition) is 1. The highest BCUT2D eigenvalue weighted by molar-refractivity contribution is 9.10. The molecule has 0 saturated carbocycles. The van der Waals surface area contributed by atoms with Crippen LogP contribution in [0.15, 0.2) is 58.5 Å². The van der Waals surface area contributed by atoms with E-state index in [4.69, 9.17) is 9.47 Å². The molecule has 0 aliphatic carbocycles. The number of pyridine rings is 1. The van der Waals surface area contributed by atoms with Crippen molar-refractivity contribution in [3.8, 4) is 17.4 Å². The molecule has 0 aliphatic heterocycles. The van der Waals surface area contributed by atoms with E-state index < -0.39 is 11.9 Å². The smallest absolute Gasteiger partial charge is 0.435 e. The van der Waals surface area contributed by atoms with Crippen LogP contribution >= 0.6 is 27.3 Å². The number of halogens is 4.